The van der Waals surface area contributed by atoms with Crippen LogP contribution in [0, 0.1) is 5.92 Å². The van der Waals surface area contributed by atoms with Gasteiger partial charge in [0.1, 0.15) is 0 Å². The molecule has 4 nitrogen and oxygen atoms in total. The largest absolute Gasteiger partial charge is 0.478 e. The van der Waals surface area contributed by atoms with Crippen LogP contribution in [-0.2, 0) is 4.74 Å². The molecule has 4 heteroatoms. The number of H-pyrrole nitrogens is 1. The first kappa shape index (κ1) is 7.61. The first-order chi connectivity index (χ1) is 5.95. The minimum Gasteiger partial charge on any atom is -0.478 e. The molecule has 0 saturated carbocycles. The summed E-state index contributed by atoms with van der Waals surface area (Å²) in [6.07, 6.45) is 2.79. The molecule has 1 unspecified atom stereocenters. The Labute approximate surface area is 70.9 Å². The highest BCUT2D eigenvalue weighted by molar-refractivity contribution is 5.03. The molecule has 1 N–H and O–H groups in total. The first-order valence-corrected chi connectivity index (χ1v) is 4.15. The van der Waals surface area contributed by atoms with E-state index >= 15 is 0 Å². The number of ether oxygens (including phenoxy) is 2. The van der Waals surface area contributed by atoms with Gasteiger partial charge in [0, 0.05) is 18.6 Å². The van der Waals surface area contributed by atoms with E-state index in [1.165, 1.54) is 0 Å². The lowest BCUT2D eigenvalue weighted by molar-refractivity contribution is 0.165. The maximum absolute atomic E-state index is 5.43. The lowest BCUT2D eigenvalue weighted by Crippen LogP contribution is -2.11. The van der Waals surface area contributed by atoms with Gasteiger partial charge in [-0.3, -0.25) is 0 Å². The van der Waals surface area contributed by atoms with Crippen LogP contribution in [0.1, 0.15) is 6.42 Å². The van der Waals surface area contributed by atoms with Crippen LogP contribution in [-0.4, -0.2) is 30.0 Å². The van der Waals surface area contributed by atoms with E-state index in [1.54, 1.807) is 6.20 Å². The van der Waals surface area contributed by atoms with Crippen LogP contribution in [0.15, 0.2) is 12.3 Å². The Morgan fingerprint density at radius 2 is 2.75 bits per heavy atom. The molecule has 1 atom stereocenters. The molecule has 0 bridgehead atoms. The van der Waals surface area contributed by atoms with Gasteiger partial charge < -0.3 is 9.47 Å². The molecule has 0 aromatic carbocycles. The summed E-state index contributed by atoms with van der Waals surface area (Å²) in [5.74, 6) is 1.29. The third kappa shape index (κ3) is 1.76. The molecular weight excluding hydrogens is 156 g/mol. The molecule has 0 amide bonds. The maximum Gasteiger partial charge on any atom is 0.209 e. The molecule has 1 aromatic rings. The fourth-order valence-electron chi connectivity index (χ4n) is 1.25. The molecule has 1 aliphatic rings. The summed E-state index contributed by atoms with van der Waals surface area (Å²) in [5.41, 5.74) is 0. The molecule has 1 aliphatic heterocycles. The van der Waals surface area contributed by atoms with Crippen LogP contribution >= 0.6 is 0 Å². The topological polar surface area (TPSA) is 47.1 Å². The number of rotatable bonds is 3. The lowest BCUT2D eigenvalue weighted by atomic mass is 10.1. The molecule has 2 heterocycles. The van der Waals surface area contributed by atoms with Crippen LogP contribution in [0.25, 0.3) is 0 Å². The molecule has 2 rings (SSSR count). The fraction of sp³-hybridized carbons (Fsp3) is 0.625. The number of nitrogens with zero attached hydrogens (tertiary/aromatic N) is 1. The van der Waals surface area contributed by atoms with Crippen molar-refractivity contribution in [1.82, 2.24) is 10.2 Å². The molecule has 1 aromatic heterocycles. The summed E-state index contributed by atoms with van der Waals surface area (Å²) >= 11 is 0. The Balaban J connectivity index is 1.74. The highest BCUT2D eigenvalue weighted by atomic mass is 16.5. The van der Waals surface area contributed by atoms with Gasteiger partial charge in [0.15, 0.2) is 0 Å². The minimum atomic E-state index is 0.549. The second-order valence-corrected chi connectivity index (χ2v) is 2.96. The Kier molecular flexibility index (Phi) is 2.27. The van der Waals surface area contributed by atoms with Crippen molar-refractivity contribution >= 4 is 0 Å². The molecule has 0 spiro atoms. The standard InChI is InChI=1S/C8H12N2O2/c1-3-9-10-8(1)12-6-7-2-4-11-5-7/h1,3,7H,2,4-6H2,(H,9,10). The van der Waals surface area contributed by atoms with Crippen LogP contribution in [0.3, 0.4) is 0 Å². The van der Waals surface area contributed by atoms with E-state index in [4.69, 9.17) is 9.47 Å². The van der Waals surface area contributed by atoms with E-state index in [0.29, 0.717) is 5.92 Å². The van der Waals surface area contributed by atoms with Gasteiger partial charge in [-0.1, -0.05) is 0 Å². The Morgan fingerprint density at radius 3 is 3.42 bits per heavy atom. The average molecular weight is 168 g/mol. The number of hydrogen-bond acceptors (Lipinski definition) is 3. The molecule has 66 valence electrons. The molecule has 1 saturated heterocycles. The van der Waals surface area contributed by atoms with Crippen LogP contribution in [0.4, 0.5) is 0 Å². The summed E-state index contributed by atoms with van der Waals surface area (Å²) in [7, 11) is 0. The maximum atomic E-state index is 5.43. The smallest absolute Gasteiger partial charge is 0.209 e. The van der Waals surface area contributed by atoms with Crippen molar-refractivity contribution in [3.05, 3.63) is 12.3 Å². The zero-order valence-electron chi connectivity index (χ0n) is 6.82. The van der Waals surface area contributed by atoms with Gasteiger partial charge in [-0.25, -0.2) is 5.10 Å². The second kappa shape index (κ2) is 3.58. The number of aromatic nitrogens is 2. The van der Waals surface area contributed by atoms with Crippen molar-refractivity contribution < 1.29 is 9.47 Å². The van der Waals surface area contributed by atoms with Crippen molar-refractivity contribution in [3.8, 4) is 5.88 Å². The summed E-state index contributed by atoms with van der Waals surface area (Å²) in [6, 6.07) is 1.82. The summed E-state index contributed by atoms with van der Waals surface area (Å²) < 4.78 is 10.7. The molecule has 0 radical (unpaired) electrons. The van der Waals surface area contributed by atoms with E-state index in [9.17, 15) is 0 Å². The lowest BCUT2D eigenvalue weighted by Gasteiger charge is -2.07. The van der Waals surface area contributed by atoms with E-state index < -0.39 is 0 Å². The van der Waals surface area contributed by atoms with Gasteiger partial charge in [0.05, 0.1) is 19.4 Å². The fourth-order valence-corrected chi connectivity index (χ4v) is 1.25. The molecular formula is C8H12N2O2. The van der Waals surface area contributed by atoms with Gasteiger partial charge in [0.2, 0.25) is 5.88 Å². The highest BCUT2D eigenvalue weighted by Gasteiger charge is 2.16. The quantitative estimate of drug-likeness (QED) is 0.727. The van der Waals surface area contributed by atoms with Gasteiger partial charge in [-0.15, -0.1) is 0 Å². The molecule has 12 heavy (non-hydrogen) atoms. The number of hydrogen-bond donors (Lipinski definition) is 1. The first-order valence-electron chi connectivity index (χ1n) is 4.15. The van der Waals surface area contributed by atoms with E-state index in [-0.39, 0.29) is 0 Å². The Bertz CT molecular complexity index is 217. The zero-order valence-corrected chi connectivity index (χ0v) is 6.82. The summed E-state index contributed by atoms with van der Waals surface area (Å²) in [5, 5.41) is 6.53. The SMILES string of the molecule is c1cc(OCC2CCOC2)[nH]n1. The minimum absolute atomic E-state index is 0.549. The second-order valence-electron chi connectivity index (χ2n) is 2.96. The number of aromatic amines is 1. The predicted octanol–water partition coefficient (Wildman–Crippen LogP) is 0.825. The van der Waals surface area contributed by atoms with Crippen LogP contribution in [0.2, 0.25) is 0 Å². The summed E-state index contributed by atoms with van der Waals surface area (Å²) in [6.45, 7) is 2.42. The van der Waals surface area contributed by atoms with Gasteiger partial charge >= 0.3 is 0 Å². The average Bonchev–Trinajstić information content (AvgIpc) is 2.74. The van der Waals surface area contributed by atoms with Gasteiger partial charge in [-0.2, -0.15) is 5.10 Å². The van der Waals surface area contributed by atoms with E-state index in [0.717, 1.165) is 32.1 Å². The number of nitrogens with one attached hydrogen (secondary N) is 1. The monoisotopic (exact) mass is 168 g/mol. The van der Waals surface area contributed by atoms with Crippen molar-refractivity contribution in [2.75, 3.05) is 19.8 Å². The predicted molar refractivity (Wildman–Crippen MR) is 43.0 cm³/mol. The molecule has 0 aliphatic carbocycles. The third-order valence-electron chi connectivity index (χ3n) is 1.97. The normalized spacial score (nSPS) is 22.8. The van der Waals surface area contributed by atoms with Crippen molar-refractivity contribution in [3.63, 3.8) is 0 Å². The van der Waals surface area contributed by atoms with Crippen molar-refractivity contribution in [2.45, 2.75) is 6.42 Å². The van der Waals surface area contributed by atoms with Crippen LogP contribution in [0.5, 0.6) is 5.88 Å². The zero-order chi connectivity index (χ0) is 8.23. The van der Waals surface area contributed by atoms with Gasteiger partial charge in [0.25, 0.3) is 0 Å². The third-order valence-corrected chi connectivity index (χ3v) is 1.97. The van der Waals surface area contributed by atoms with E-state index in [2.05, 4.69) is 10.2 Å². The van der Waals surface area contributed by atoms with Crippen LogP contribution < -0.4 is 4.74 Å². The summed E-state index contributed by atoms with van der Waals surface area (Å²) in [4.78, 5) is 0. The Morgan fingerprint density at radius 1 is 1.75 bits per heavy atom. The highest BCUT2D eigenvalue weighted by Crippen LogP contribution is 2.13. The van der Waals surface area contributed by atoms with Crippen molar-refractivity contribution in [1.29, 1.82) is 0 Å². The Hall–Kier alpha value is -1.03. The van der Waals surface area contributed by atoms with E-state index in [1.807, 2.05) is 6.07 Å². The van der Waals surface area contributed by atoms with Crippen molar-refractivity contribution in [2.24, 2.45) is 5.92 Å². The van der Waals surface area contributed by atoms with Gasteiger partial charge in [-0.05, 0) is 6.42 Å². The molecule has 1 fully saturated rings.